The molecule has 1 aliphatic rings. The zero-order valence-corrected chi connectivity index (χ0v) is 16.3. The van der Waals surface area contributed by atoms with Gasteiger partial charge in [-0.2, -0.15) is 0 Å². The van der Waals surface area contributed by atoms with Crippen LogP contribution in [-0.2, 0) is 19.9 Å². The molecule has 0 bridgehead atoms. The predicted molar refractivity (Wildman–Crippen MR) is 105 cm³/mol. The molecule has 1 atom stereocenters. The number of rotatable bonds is 2. The van der Waals surface area contributed by atoms with Crippen LogP contribution in [0.2, 0.25) is 0 Å². The molecule has 0 saturated carbocycles. The highest BCUT2D eigenvalue weighted by molar-refractivity contribution is 7.14. The molecule has 28 heavy (non-hydrogen) atoms. The van der Waals surface area contributed by atoms with Crippen LogP contribution in [0.4, 0.5) is 0 Å². The number of hydrogen-bond donors (Lipinski definition) is 2. The number of nitrogens with zero attached hydrogens (tertiary/aromatic N) is 3. The fraction of sp³-hybridized carbons (Fsp3) is 0.300. The molecule has 7 nitrogen and oxygen atoms in total. The summed E-state index contributed by atoms with van der Waals surface area (Å²) in [4.78, 5) is 26.3. The summed E-state index contributed by atoms with van der Waals surface area (Å²) in [5.41, 5.74) is 1.36. The van der Waals surface area contributed by atoms with E-state index < -0.39 is 11.8 Å². The Hall–Kier alpha value is -3.00. The van der Waals surface area contributed by atoms with Crippen molar-refractivity contribution >= 4 is 33.9 Å². The first-order valence-electron chi connectivity index (χ1n) is 8.97. The number of fused-ring (bicyclic) bond motifs is 2. The minimum absolute atomic E-state index is 0.0979. The molecule has 2 amide bonds. The van der Waals surface area contributed by atoms with Gasteiger partial charge in [-0.25, -0.2) is 0 Å². The Balaban J connectivity index is 1.55. The largest absolute Gasteiger partial charge is 0.494 e. The summed E-state index contributed by atoms with van der Waals surface area (Å²) in [6.07, 6.45) is 3.05. The number of aromatic nitrogens is 1. The maximum absolute atomic E-state index is 12.3. The molecule has 0 fully saturated rings. The van der Waals surface area contributed by atoms with Gasteiger partial charge in [0, 0.05) is 28.3 Å². The molecule has 2 N–H and O–H groups in total. The van der Waals surface area contributed by atoms with Gasteiger partial charge in [0.25, 0.3) is 5.91 Å². The standard InChI is InChI=1S/C20H19N3O4S/c1-10-3-6-15-12(7-10)9-16(28-15)18(25)22-21-17(24)11-4-5-13-14(8-11)20(27)23(2)19(13)26/h4-5,8-10,26-27H,3,6-7H2,1-2H3. The van der Waals surface area contributed by atoms with Gasteiger partial charge in [-0.1, -0.05) is 6.92 Å². The van der Waals surface area contributed by atoms with Gasteiger partial charge >= 0.3 is 5.91 Å². The van der Waals surface area contributed by atoms with Crippen LogP contribution >= 0.6 is 11.3 Å². The SMILES string of the molecule is CC1CCc2sc(C(=O)N=NC(=O)c3ccc4c(O)n(C)c(O)c4c3)cc2C1. The van der Waals surface area contributed by atoms with Crippen molar-refractivity contribution in [2.24, 2.45) is 23.2 Å². The second-order valence-corrected chi connectivity index (χ2v) is 8.32. The smallest absolute Gasteiger partial charge is 0.305 e. The van der Waals surface area contributed by atoms with Gasteiger partial charge in [-0.3, -0.25) is 14.2 Å². The second-order valence-electron chi connectivity index (χ2n) is 7.18. The van der Waals surface area contributed by atoms with Crippen molar-refractivity contribution in [1.82, 2.24) is 4.57 Å². The fourth-order valence-corrected chi connectivity index (χ4v) is 4.62. The number of aromatic hydroxyl groups is 2. The Morgan fingerprint density at radius 2 is 1.82 bits per heavy atom. The predicted octanol–water partition coefficient (Wildman–Crippen LogP) is 4.21. The van der Waals surface area contributed by atoms with E-state index in [-0.39, 0.29) is 17.3 Å². The molecule has 0 aliphatic heterocycles. The van der Waals surface area contributed by atoms with E-state index in [0.29, 0.717) is 21.6 Å². The Labute approximate surface area is 165 Å². The molecule has 2 heterocycles. The van der Waals surface area contributed by atoms with Crippen molar-refractivity contribution < 1.29 is 19.8 Å². The van der Waals surface area contributed by atoms with E-state index in [2.05, 4.69) is 17.2 Å². The minimum atomic E-state index is -0.687. The van der Waals surface area contributed by atoms with Crippen LogP contribution < -0.4 is 0 Å². The first-order valence-corrected chi connectivity index (χ1v) is 9.79. The number of amides is 2. The summed E-state index contributed by atoms with van der Waals surface area (Å²) in [6.45, 7) is 2.20. The summed E-state index contributed by atoms with van der Waals surface area (Å²) in [5, 5.41) is 27.8. The third kappa shape index (κ3) is 3.09. The van der Waals surface area contributed by atoms with Crippen LogP contribution in [0.3, 0.4) is 0 Å². The van der Waals surface area contributed by atoms with Crippen LogP contribution in [0.1, 0.15) is 43.8 Å². The van der Waals surface area contributed by atoms with E-state index >= 15 is 0 Å². The Morgan fingerprint density at radius 1 is 1.11 bits per heavy atom. The molecule has 8 heteroatoms. The van der Waals surface area contributed by atoms with Crippen molar-refractivity contribution in [2.45, 2.75) is 26.2 Å². The molecule has 1 aliphatic carbocycles. The highest BCUT2D eigenvalue weighted by Crippen LogP contribution is 2.36. The van der Waals surface area contributed by atoms with Crippen LogP contribution in [0.15, 0.2) is 34.5 Å². The lowest BCUT2D eigenvalue weighted by Crippen LogP contribution is -2.08. The van der Waals surface area contributed by atoms with E-state index in [1.54, 1.807) is 0 Å². The van der Waals surface area contributed by atoms with E-state index in [1.807, 2.05) is 6.07 Å². The number of azo groups is 1. The lowest BCUT2D eigenvalue weighted by molar-refractivity contribution is 0.0949. The summed E-state index contributed by atoms with van der Waals surface area (Å²) in [6, 6.07) is 6.27. The average Bonchev–Trinajstić information content (AvgIpc) is 3.20. The Morgan fingerprint density at radius 3 is 2.61 bits per heavy atom. The number of carbonyl (C=O) groups is 2. The van der Waals surface area contributed by atoms with Crippen molar-refractivity contribution in [1.29, 1.82) is 0 Å². The van der Waals surface area contributed by atoms with Gasteiger partial charge < -0.3 is 10.2 Å². The molecule has 0 radical (unpaired) electrons. The molecular weight excluding hydrogens is 378 g/mol. The van der Waals surface area contributed by atoms with Crippen molar-refractivity contribution in [3.8, 4) is 11.8 Å². The number of carbonyl (C=O) groups excluding carboxylic acids is 2. The zero-order valence-electron chi connectivity index (χ0n) is 15.5. The highest BCUT2D eigenvalue weighted by Gasteiger charge is 2.21. The van der Waals surface area contributed by atoms with Crippen LogP contribution in [0.5, 0.6) is 11.8 Å². The lowest BCUT2D eigenvalue weighted by Gasteiger charge is -2.16. The van der Waals surface area contributed by atoms with Gasteiger partial charge in [0.15, 0.2) is 0 Å². The summed E-state index contributed by atoms with van der Waals surface area (Å²) in [5.74, 6) is -0.862. The minimum Gasteiger partial charge on any atom is -0.494 e. The molecule has 144 valence electrons. The van der Waals surface area contributed by atoms with Gasteiger partial charge in [-0.15, -0.1) is 21.6 Å². The first kappa shape index (κ1) is 18.4. The molecule has 1 aromatic carbocycles. The number of hydrogen-bond acceptors (Lipinski definition) is 5. The summed E-state index contributed by atoms with van der Waals surface area (Å²) < 4.78 is 1.21. The third-order valence-corrected chi connectivity index (χ3v) is 6.38. The van der Waals surface area contributed by atoms with Crippen LogP contribution in [0, 0.1) is 5.92 Å². The molecule has 0 saturated heterocycles. The van der Waals surface area contributed by atoms with E-state index in [1.165, 1.54) is 51.6 Å². The number of benzene rings is 1. The van der Waals surface area contributed by atoms with Crippen LogP contribution in [0.25, 0.3) is 10.8 Å². The second kappa shape index (κ2) is 6.87. The van der Waals surface area contributed by atoms with Crippen molar-refractivity contribution in [3.05, 3.63) is 45.1 Å². The zero-order chi connectivity index (χ0) is 20.0. The topological polar surface area (TPSA) is 104 Å². The van der Waals surface area contributed by atoms with E-state index in [4.69, 9.17) is 0 Å². The van der Waals surface area contributed by atoms with Crippen LogP contribution in [-0.4, -0.2) is 26.6 Å². The van der Waals surface area contributed by atoms with Gasteiger partial charge in [0.2, 0.25) is 11.8 Å². The monoisotopic (exact) mass is 397 g/mol. The normalized spacial score (nSPS) is 16.6. The van der Waals surface area contributed by atoms with Gasteiger partial charge in [0.1, 0.15) is 0 Å². The highest BCUT2D eigenvalue weighted by atomic mass is 32.1. The molecule has 1 unspecified atom stereocenters. The third-order valence-electron chi connectivity index (χ3n) is 5.16. The Kier molecular flexibility index (Phi) is 4.50. The Bertz CT molecular complexity index is 1140. The maximum atomic E-state index is 12.3. The van der Waals surface area contributed by atoms with Gasteiger partial charge in [0.05, 0.1) is 4.88 Å². The fourth-order valence-electron chi connectivity index (χ4n) is 3.53. The van der Waals surface area contributed by atoms with Gasteiger partial charge in [-0.05, 0) is 55.0 Å². The molecule has 3 aromatic rings. The van der Waals surface area contributed by atoms with Crippen molar-refractivity contribution in [2.75, 3.05) is 0 Å². The summed E-state index contributed by atoms with van der Waals surface area (Å²) >= 11 is 1.42. The number of aryl methyl sites for hydroxylation is 1. The van der Waals surface area contributed by atoms with Crippen molar-refractivity contribution in [3.63, 3.8) is 0 Å². The molecule has 4 rings (SSSR count). The quantitative estimate of drug-likeness (QED) is 0.632. The maximum Gasteiger partial charge on any atom is 0.305 e. The average molecular weight is 397 g/mol. The first-order chi connectivity index (χ1) is 13.3. The lowest BCUT2D eigenvalue weighted by atomic mass is 9.90. The number of thiophene rings is 1. The van der Waals surface area contributed by atoms with E-state index in [9.17, 15) is 19.8 Å². The van der Waals surface area contributed by atoms with E-state index in [0.717, 1.165) is 19.3 Å². The summed E-state index contributed by atoms with van der Waals surface area (Å²) in [7, 11) is 1.51. The molecule has 2 aromatic heterocycles. The molecular formula is C20H19N3O4S. The molecule has 0 spiro atoms.